The van der Waals surface area contributed by atoms with Crippen LogP contribution >= 0.6 is 0 Å². The number of rotatable bonds is 22. The molecule has 6 amide bonds. The summed E-state index contributed by atoms with van der Waals surface area (Å²) in [6.45, 7) is 11.7. The number of aliphatic carboxylic acids is 1. The number of carbonyl (C=O) groups is 7. The third kappa shape index (κ3) is 15.1. The molecule has 0 unspecified atom stereocenters. The Labute approximate surface area is 289 Å². The highest BCUT2D eigenvalue weighted by Crippen LogP contribution is 2.21. The Morgan fingerprint density at radius 3 is 1.78 bits per heavy atom. The van der Waals surface area contributed by atoms with Crippen molar-refractivity contribution in [2.45, 2.75) is 136 Å². The van der Waals surface area contributed by atoms with Crippen LogP contribution in [0.25, 0.3) is 0 Å². The number of nitrogens with zero attached hydrogens (tertiary/aromatic N) is 1. The minimum Gasteiger partial charge on any atom is -0.480 e. The molecule has 1 heterocycles. The molecule has 0 aromatic rings. The van der Waals surface area contributed by atoms with Gasteiger partial charge < -0.3 is 48.5 Å². The van der Waals surface area contributed by atoms with Gasteiger partial charge in [0.15, 0.2) is 0 Å². The molecule has 16 heteroatoms. The first-order valence-electron chi connectivity index (χ1n) is 17.4. The maximum atomic E-state index is 13.8. The van der Waals surface area contributed by atoms with Crippen molar-refractivity contribution in [2.75, 3.05) is 13.1 Å². The number of likely N-dealkylation sites (tertiary alicyclic amines) is 1. The second-order valence-electron chi connectivity index (χ2n) is 14.1. The molecule has 0 bridgehead atoms. The normalized spacial score (nSPS) is 17.6. The summed E-state index contributed by atoms with van der Waals surface area (Å²) in [6, 6.07) is -6.20. The van der Waals surface area contributed by atoms with E-state index in [0.717, 1.165) is 0 Å². The van der Waals surface area contributed by atoms with E-state index in [0.29, 0.717) is 38.6 Å². The van der Waals surface area contributed by atoms with Crippen LogP contribution in [0.15, 0.2) is 0 Å². The van der Waals surface area contributed by atoms with Crippen LogP contribution in [-0.2, 0) is 33.6 Å². The van der Waals surface area contributed by atoms with E-state index in [1.54, 1.807) is 13.8 Å². The highest BCUT2D eigenvalue weighted by atomic mass is 16.4. The number of carboxylic acids is 1. The lowest BCUT2D eigenvalue weighted by Gasteiger charge is -2.31. The van der Waals surface area contributed by atoms with E-state index < -0.39 is 77.7 Å². The molecule has 0 aromatic carbocycles. The number of amides is 6. The van der Waals surface area contributed by atoms with Gasteiger partial charge in [-0.3, -0.25) is 28.8 Å². The van der Waals surface area contributed by atoms with Crippen molar-refractivity contribution in [1.29, 1.82) is 0 Å². The zero-order valence-electron chi connectivity index (χ0n) is 30.0. The zero-order chi connectivity index (χ0) is 37.4. The number of carboxylic acid groups (broad SMARTS) is 1. The van der Waals surface area contributed by atoms with Crippen LogP contribution in [0.2, 0.25) is 0 Å². The summed E-state index contributed by atoms with van der Waals surface area (Å²) in [5.74, 6) is -5.15. The van der Waals surface area contributed by atoms with Crippen LogP contribution in [0.5, 0.6) is 0 Å². The van der Waals surface area contributed by atoms with E-state index in [-0.39, 0.29) is 50.0 Å². The maximum absolute atomic E-state index is 13.8. The zero-order valence-corrected chi connectivity index (χ0v) is 30.0. The average Bonchev–Trinajstić information content (AvgIpc) is 3.50. The Bertz CT molecular complexity index is 1150. The lowest BCUT2D eigenvalue weighted by atomic mass is 9.99. The Morgan fingerprint density at radius 2 is 1.29 bits per heavy atom. The van der Waals surface area contributed by atoms with Gasteiger partial charge in [-0.05, 0) is 75.7 Å². The molecule has 1 fully saturated rings. The summed E-state index contributed by atoms with van der Waals surface area (Å²) >= 11 is 0. The summed E-state index contributed by atoms with van der Waals surface area (Å²) in [5, 5.41) is 20.2. The highest BCUT2D eigenvalue weighted by molar-refractivity contribution is 5.96. The summed E-state index contributed by atoms with van der Waals surface area (Å²) in [6.07, 6.45) is 2.35. The Hall–Kier alpha value is -3.79. The van der Waals surface area contributed by atoms with Gasteiger partial charge in [0.2, 0.25) is 35.4 Å². The molecule has 1 aliphatic rings. The van der Waals surface area contributed by atoms with Crippen molar-refractivity contribution < 1.29 is 38.7 Å². The van der Waals surface area contributed by atoms with Crippen molar-refractivity contribution in [3.63, 3.8) is 0 Å². The molecule has 0 aliphatic carbocycles. The highest BCUT2D eigenvalue weighted by Gasteiger charge is 2.39. The van der Waals surface area contributed by atoms with Gasteiger partial charge in [-0.25, -0.2) is 4.79 Å². The lowest BCUT2D eigenvalue weighted by Crippen LogP contribution is -2.59. The molecule has 0 aromatic heterocycles. The van der Waals surface area contributed by atoms with Gasteiger partial charge in [-0.15, -0.1) is 0 Å². The number of carbonyl (C=O) groups excluding carboxylic acids is 6. The second-order valence-corrected chi connectivity index (χ2v) is 14.1. The smallest absolute Gasteiger partial charge is 0.326 e. The van der Waals surface area contributed by atoms with Crippen molar-refractivity contribution in [1.82, 2.24) is 26.2 Å². The van der Waals surface area contributed by atoms with Gasteiger partial charge in [0.1, 0.15) is 30.2 Å². The van der Waals surface area contributed by atoms with E-state index in [9.17, 15) is 38.7 Å². The van der Waals surface area contributed by atoms with Crippen molar-refractivity contribution in [3.05, 3.63) is 0 Å². The molecular weight excluding hydrogens is 636 g/mol. The Morgan fingerprint density at radius 1 is 0.755 bits per heavy atom. The Kier molecular flexibility index (Phi) is 18.8. The average molecular weight is 697 g/mol. The van der Waals surface area contributed by atoms with Crippen molar-refractivity contribution in [3.8, 4) is 0 Å². The number of nitrogens with two attached hydrogens (primary N) is 3. The van der Waals surface area contributed by atoms with Crippen LogP contribution in [-0.4, -0.2) is 101 Å². The molecular formula is C33H60N8O8. The molecule has 280 valence electrons. The Balaban J connectivity index is 3.18. The molecule has 1 aliphatic heterocycles. The predicted molar refractivity (Wildman–Crippen MR) is 183 cm³/mol. The summed E-state index contributed by atoms with van der Waals surface area (Å²) < 4.78 is 0. The topological polar surface area (TPSA) is 269 Å². The SMILES string of the molecule is CC(C)C[C@H](NC(=O)[C@H](CC(C)C)NC(=O)[C@@H]1CCCN1C(=O)[C@H](CCCCN)NC(=O)[C@@H](N)C(C)C)C(=O)N[C@@H](CCC(N)=O)C(=O)O. The molecule has 0 saturated carbocycles. The quantitative estimate of drug-likeness (QED) is 0.0671. The van der Waals surface area contributed by atoms with Crippen LogP contribution in [0, 0.1) is 17.8 Å². The number of unbranched alkanes of at least 4 members (excludes halogenated alkanes) is 1. The first-order chi connectivity index (χ1) is 22.9. The summed E-state index contributed by atoms with van der Waals surface area (Å²) in [4.78, 5) is 91.5. The van der Waals surface area contributed by atoms with Gasteiger partial charge in [-0.2, -0.15) is 0 Å². The molecule has 0 spiro atoms. The van der Waals surface area contributed by atoms with Crippen molar-refractivity contribution in [2.24, 2.45) is 35.0 Å². The molecule has 49 heavy (non-hydrogen) atoms. The standard InChI is InChI=1S/C33H60N8O8/c1-18(2)16-23(28(43)38-22(33(48)49)12-13-26(35)42)39-29(44)24(17-19(3)4)40-30(45)25-11-9-15-41(25)32(47)21(10-7-8-14-34)37-31(46)27(36)20(5)6/h18-25,27H,7-17,34,36H2,1-6H3,(H2,35,42)(H,37,46)(H,38,43)(H,39,44)(H,40,45)(H,48,49)/t21-,22-,23-,24-,25-,27-/m0/s1. The van der Waals surface area contributed by atoms with Crippen LogP contribution < -0.4 is 38.5 Å². The predicted octanol–water partition coefficient (Wildman–Crippen LogP) is -0.529. The van der Waals surface area contributed by atoms with Crippen LogP contribution in [0.4, 0.5) is 0 Å². The molecule has 0 radical (unpaired) electrons. The number of hydrogen-bond acceptors (Lipinski definition) is 9. The third-order valence-electron chi connectivity index (χ3n) is 8.40. The number of primary amides is 1. The summed E-state index contributed by atoms with van der Waals surface area (Å²) in [5.41, 5.74) is 16.8. The van der Waals surface area contributed by atoms with E-state index in [4.69, 9.17) is 17.2 Å². The fourth-order valence-electron chi connectivity index (χ4n) is 5.59. The van der Waals surface area contributed by atoms with Gasteiger partial charge in [0, 0.05) is 13.0 Å². The lowest BCUT2D eigenvalue weighted by molar-refractivity contribution is -0.143. The second kappa shape index (κ2) is 21.3. The molecule has 6 atom stereocenters. The van der Waals surface area contributed by atoms with E-state index in [1.807, 2.05) is 27.7 Å². The molecule has 1 saturated heterocycles. The van der Waals surface area contributed by atoms with Gasteiger partial charge in [-0.1, -0.05) is 41.5 Å². The molecule has 11 N–H and O–H groups in total. The first kappa shape index (κ1) is 43.2. The molecule has 16 nitrogen and oxygen atoms in total. The monoisotopic (exact) mass is 696 g/mol. The van der Waals surface area contributed by atoms with Crippen LogP contribution in [0.3, 0.4) is 0 Å². The third-order valence-corrected chi connectivity index (χ3v) is 8.40. The fraction of sp³-hybridized carbons (Fsp3) is 0.788. The van der Waals surface area contributed by atoms with E-state index >= 15 is 0 Å². The van der Waals surface area contributed by atoms with Gasteiger partial charge in [0.05, 0.1) is 6.04 Å². The minimum atomic E-state index is -1.39. The fourth-order valence-corrected chi connectivity index (χ4v) is 5.59. The van der Waals surface area contributed by atoms with Gasteiger partial charge in [0.25, 0.3) is 0 Å². The summed E-state index contributed by atoms with van der Waals surface area (Å²) in [7, 11) is 0. The maximum Gasteiger partial charge on any atom is 0.326 e. The van der Waals surface area contributed by atoms with Gasteiger partial charge >= 0.3 is 5.97 Å². The minimum absolute atomic E-state index is 0.0489. The largest absolute Gasteiger partial charge is 0.480 e. The number of hydrogen-bond donors (Lipinski definition) is 8. The molecule has 1 rings (SSSR count). The first-order valence-corrected chi connectivity index (χ1v) is 17.4. The van der Waals surface area contributed by atoms with E-state index in [1.165, 1.54) is 4.90 Å². The van der Waals surface area contributed by atoms with Crippen molar-refractivity contribution >= 4 is 41.4 Å². The van der Waals surface area contributed by atoms with E-state index in [2.05, 4.69) is 21.3 Å². The van der Waals surface area contributed by atoms with Crippen LogP contribution in [0.1, 0.15) is 99.3 Å². The number of nitrogens with one attached hydrogen (secondary N) is 4.